The van der Waals surface area contributed by atoms with Crippen LogP contribution in [-0.4, -0.2) is 3.72 Å². The number of hydrogen-bond acceptors (Lipinski definition) is 3. The van der Waals surface area contributed by atoms with E-state index in [-0.39, 0.29) is 0 Å². The lowest BCUT2D eigenvalue weighted by molar-refractivity contribution is 1.26. The molecule has 0 unspecified atom stereocenters. The number of nitrogens with zero attached hydrogens (tertiary/aromatic N) is 2. The molecule has 0 saturated carbocycles. The highest BCUT2D eigenvalue weighted by molar-refractivity contribution is 14.1. The van der Waals surface area contributed by atoms with Gasteiger partial charge >= 0.3 is 0 Å². The second kappa shape index (κ2) is 9.78. The monoisotopic (exact) mass is 623 g/mol. The maximum Gasteiger partial charge on any atom is 0.101 e. The Morgan fingerprint density at radius 1 is 0.625 bits per heavy atom. The van der Waals surface area contributed by atoms with Gasteiger partial charge in [0.2, 0.25) is 0 Å². The van der Waals surface area contributed by atoms with Gasteiger partial charge in [0.1, 0.15) is 9.79 Å². The molecular formula is C36H22IN3. The Balaban J connectivity index is 1.45. The topological polar surface area (TPSA) is 50.9 Å². The van der Waals surface area contributed by atoms with Crippen LogP contribution < -0.4 is 4.90 Å². The number of hydrogen-bond donors (Lipinski definition) is 1. The van der Waals surface area contributed by atoms with E-state index in [2.05, 4.69) is 112 Å². The summed E-state index contributed by atoms with van der Waals surface area (Å²) in [5.41, 5.74) is 11.3. The van der Waals surface area contributed by atoms with Crippen molar-refractivity contribution in [1.82, 2.24) is 0 Å². The fourth-order valence-electron chi connectivity index (χ4n) is 5.90. The Kier molecular flexibility index (Phi) is 5.95. The van der Waals surface area contributed by atoms with Crippen LogP contribution in [0.15, 0.2) is 127 Å². The minimum atomic E-state index is 0.441. The SMILES string of the molecule is N#Cc1ccccc1N(c1cccc(-c2ccc3c4c(cccc24)-c2ccccc2-3)c1)c1ccccc1C(=N)I. The van der Waals surface area contributed by atoms with Gasteiger partial charge in [0, 0.05) is 11.3 Å². The van der Waals surface area contributed by atoms with E-state index in [1.165, 1.54) is 38.6 Å². The highest BCUT2D eigenvalue weighted by Gasteiger charge is 2.23. The lowest BCUT2D eigenvalue weighted by Crippen LogP contribution is -2.14. The molecule has 3 nitrogen and oxygen atoms in total. The summed E-state index contributed by atoms with van der Waals surface area (Å²) in [6.45, 7) is 0. The predicted molar refractivity (Wildman–Crippen MR) is 174 cm³/mol. The highest BCUT2D eigenvalue weighted by Crippen LogP contribution is 2.49. The number of rotatable bonds is 5. The Morgan fingerprint density at radius 3 is 2.02 bits per heavy atom. The summed E-state index contributed by atoms with van der Waals surface area (Å²) in [5.74, 6) is 0. The van der Waals surface area contributed by atoms with Gasteiger partial charge in [0.25, 0.3) is 0 Å². The summed E-state index contributed by atoms with van der Waals surface area (Å²) in [5, 5.41) is 21.0. The fourth-order valence-corrected chi connectivity index (χ4v) is 6.35. The molecule has 0 heterocycles. The van der Waals surface area contributed by atoms with Gasteiger partial charge in [-0.15, -0.1) is 0 Å². The molecule has 40 heavy (non-hydrogen) atoms. The van der Waals surface area contributed by atoms with Crippen LogP contribution in [0.4, 0.5) is 17.1 Å². The van der Waals surface area contributed by atoms with Crippen LogP contribution >= 0.6 is 22.6 Å². The third-order valence-electron chi connectivity index (χ3n) is 7.61. The zero-order valence-electron chi connectivity index (χ0n) is 21.4. The van der Waals surface area contributed by atoms with Gasteiger partial charge in [-0.3, -0.25) is 5.41 Å². The van der Waals surface area contributed by atoms with E-state index < -0.39 is 0 Å². The molecule has 4 heteroatoms. The average Bonchev–Trinajstić information content (AvgIpc) is 3.33. The predicted octanol–water partition coefficient (Wildman–Crippen LogP) is 10.3. The zero-order chi connectivity index (χ0) is 27.2. The summed E-state index contributed by atoms with van der Waals surface area (Å²) < 4.78 is 0.441. The van der Waals surface area contributed by atoms with Gasteiger partial charge < -0.3 is 4.90 Å². The van der Waals surface area contributed by atoms with Crippen LogP contribution in [0.3, 0.4) is 0 Å². The first-order chi connectivity index (χ1) is 19.7. The lowest BCUT2D eigenvalue weighted by Gasteiger charge is -2.28. The second-order valence-electron chi connectivity index (χ2n) is 9.78. The molecule has 6 aromatic carbocycles. The smallest absolute Gasteiger partial charge is 0.101 e. The third-order valence-corrected chi connectivity index (χ3v) is 8.19. The average molecular weight is 623 g/mol. The maximum atomic E-state index is 10.0. The normalized spacial score (nSPS) is 11.2. The molecule has 0 spiro atoms. The van der Waals surface area contributed by atoms with Crippen LogP contribution in [0.5, 0.6) is 0 Å². The van der Waals surface area contributed by atoms with Crippen molar-refractivity contribution in [3.63, 3.8) is 0 Å². The lowest BCUT2D eigenvalue weighted by atomic mass is 9.94. The van der Waals surface area contributed by atoms with E-state index in [1.807, 2.05) is 48.5 Å². The first-order valence-electron chi connectivity index (χ1n) is 13.0. The summed E-state index contributed by atoms with van der Waals surface area (Å²) in [7, 11) is 0. The largest absolute Gasteiger partial charge is 0.308 e. The molecule has 0 radical (unpaired) electrons. The van der Waals surface area contributed by atoms with Crippen molar-refractivity contribution in [3.8, 4) is 39.4 Å². The van der Waals surface area contributed by atoms with Crippen LogP contribution in [0, 0.1) is 16.7 Å². The fraction of sp³-hybridized carbons (Fsp3) is 0. The molecule has 188 valence electrons. The van der Waals surface area contributed by atoms with Crippen molar-refractivity contribution >= 4 is 54.1 Å². The van der Waals surface area contributed by atoms with Crippen molar-refractivity contribution in [2.24, 2.45) is 0 Å². The number of fused-ring (bicyclic) bond motifs is 3. The second-order valence-corrected chi connectivity index (χ2v) is 10.9. The number of halogens is 1. The number of anilines is 3. The Morgan fingerprint density at radius 2 is 1.25 bits per heavy atom. The molecule has 1 N–H and O–H groups in total. The molecule has 1 aliphatic rings. The molecule has 7 rings (SSSR count). The minimum absolute atomic E-state index is 0.441. The van der Waals surface area contributed by atoms with Crippen LogP contribution in [0.2, 0.25) is 0 Å². The highest BCUT2D eigenvalue weighted by atomic mass is 127. The first kappa shape index (κ1) is 24.3. The van der Waals surface area contributed by atoms with Crippen molar-refractivity contribution in [2.75, 3.05) is 4.90 Å². The Hall–Kier alpha value is -4.73. The maximum absolute atomic E-state index is 10.0. The number of benzene rings is 6. The van der Waals surface area contributed by atoms with Gasteiger partial charge in [0.05, 0.1) is 16.9 Å². The van der Waals surface area contributed by atoms with Gasteiger partial charge in [-0.1, -0.05) is 97.1 Å². The summed E-state index contributed by atoms with van der Waals surface area (Å²) in [6, 6.07) is 46.0. The van der Waals surface area contributed by atoms with Gasteiger partial charge in [0.15, 0.2) is 0 Å². The molecular weight excluding hydrogens is 601 g/mol. The molecule has 0 amide bonds. The molecule has 6 aromatic rings. The van der Waals surface area contributed by atoms with E-state index in [9.17, 15) is 5.26 Å². The van der Waals surface area contributed by atoms with Crippen molar-refractivity contribution in [3.05, 3.63) is 139 Å². The molecule has 0 aliphatic heterocycles. The number of nitrogens with one attached hydrogen (secondary N) is 1. The Bertz CT molecular complexity index is 1990. The zero-order valence-corrected chi connectivity index (χ0v) is 23.6. The Labute approximate surface area is 246 Å². The third kappa shape index (κ3) is 3.82. The summed E-state index contributed by atoms with van der Waals surface area (Å²) >= 11 is 2.05. The molecule has 0 aromatic heterocycles. The van der Waals surface area contributed by atoms with E-state index >= 15 is 0 Å². The summed E-state index contributed by atoms with van der Waals surface area (Å²) in [6.07, 6.45) is 0. The standard InChI is InChI=1S/C36H22IN3/c37-36(39)32-14-4-6-18-34(32)40(33-17-5-1-9-24(33)22-38)25-11-7-10-23(21-25)26-19-20-31-28-13-3-2-12-27(28)30-16-8-15-29(26)35(30)31/h1-21,39H. The number of para-hydroxylation sites is 2. The van der Waals surface area contributed by atoms with E-state index in [0.717, 1.165) is 28.2 Å². The van der Waals surface area contributed by atoms with Crippen LogP contribution in [0.25, 0.3) is 44.2 Å². The van der Waals surface area contributed by atoms with Gasteiger partial charge in [-0.05, 0) is 97.1 Å². The molecule has 1 aliphatic carbocycles. The van der Waals surface area contributed by atoms with Crippen molar-refractivity contribution in [2.45, 2.75) is 0 Å². The van der Waals surface area contributed by atoms with Crippen molar-refractivity contribution in [1.29, 1.82) is 10.7 Å². The van der Waals surface area contributed by atoms with E-state index in [0.29, 0.717) is 9.28 Å². The molecule has 0 fully saturated rings. The quantitative estimate of drug-likeness (QED) is 0.153. The van der Waals surface area contributed by atoms with Crippen LogP contribution in [-0.2, 0) is 0 Å². The van der Waals surface area contributed by atoms with E-state index in [4.69, 9.17) is 5.41 Å². The summed E-state index contributed by atoms with van der Waals surface area (Å²) in [4.78, 5) is 2.10. The number of nitriles is 1. The van der Waals surface area contributed by atoms with E-state index in [1.54, 1.807) is 0 Å². The van der Waals surface area contributed by atoms with Crippen LogP contribution in [0.1, 0.15) is 11.1 Å². The van der Waals surface area contributed by atoms with Crippen molar-refractivity contribution < 1.29 is 0 Å². The minimum Gasteiger partial charge on any atom is -0.308 e. The molecule has 0 bridgehead atoms. The van der Waals surface area contributed by atoms with Gasteiger partial charge in [-0.2, -0.15) is 5.26 Å². The molecule has 0 saturated heterocycles. The van der Waals surface area contributed by atoms with Gasteiger partial charge in [-0.25, -0.2) is 0 Å². The molecule has 0 atom stereocenters. The first-order valence-corrected chi connectivity index (χ1v) is 14.1.